The molecular weight excluding hydrogens is 570 g/mol. The Morgan fingerprint density at radius 2 is 1.65 bits per heavy atom. The summed E-state index contributed by atoms with van der Waals surface area (Å²) in [5, 5.41) is 20.8. The summed E-state index contributed by atoms with van der Waals surface area (Å²) < 4.78 is 1.48. The number of amides is 1. The summed E-state index contributed by atoms with van der Waals surface area (Å²) in [7, 11) is 0. The van der Waals surface area contributed by atoms with Crippen molar-refractivity contribution < 1.29 is 15.0 Å². The minimum absolute atomic E-state index is 0.0396. The highest BCUT2D eigenvalue weighted by Crippen LogP contribution is 2.38. The summed E-state index contributed by atoms with van der Waals surface area (Å²) in [6, 6.07) is 6.10. The molecule has 1 aliphatic heterocycles. The molecule has 0 aliphatic carbocycles. The molecule has 0 saturated carbocycles. The fraction of sp³-hybridized carbons (Fsp3) is 0.419. The first kappa shape index (κ1) is 30.2. The van der Waals surface area contributed by atoms with E-state index in [1.54, 1.807) is 24.3 Å². The van der Waals surface area contributed by atoms with Gasteiger partial charge in [-0.2, -0.15) is 4.98 Å². The number of phenolic OH excluding ortho intramolecular Hbond substituents is 1. The van der Waals surface area contributed by atoms with Crippen LogP contribution >= 0.6 is 11.6 Å². The summed E-state index contributed by atoms with van der Waals surface area (Å²) in [6.07, 6.45) is 0.523. The number of piperazine rings is 1. The number of phenols is 1. The van der Waals surface area contributed by atoms with Crippen molar-refractivity contribution in [2.24, 2.45) is 0 Å². The third kappa shape index (κ3) is 5.37. The fourth-order valence-electron chi connectivity index (χ4n) is 5.75. The van der Waals surface area contributed by atoms with Crippen LogP contribution in [0.1, 0.15) is 70.3 Å². The number of fused-ring (bicyclic) bond motifs is 1. The van der Waals surface area contributed by atoms with Gasteiger partial charge in [-0.25, -0.2) is 29.1 Å². The monoisotopic (exact) mass is 605 g/mol. The van der Waals surface area contributed by atoms with Gasteiger partial charge in [-0.1, -0.05) is 45.4 Å². The molecule has 3 aromatic heterocycles. The lowest BCUT2D eigenvalue weighted by Gasteiger charge is -2.43. The zero-order valence-electron chi connectivity index (χ0n) is 25.3. The van der Waals surface area contributed by atoms with E-state index in [1.165, 1.54) is 15.8 Å². The summed E-state index contributed by atoms with van der Waals surface area (Å²) in [4.78, 5) is 48.2. The molecule has 1 aromatic carbocycles. The van der Waals surface area contributed by atoms with Gasteiger partial charge in [-0.3, -0.25) is 0 Å². The summed E-state index contributed by atoms with van der Waals surface area (Å²) in [6.45, 7) is 14.2. The first-order valence-electron chi connectivity index (χ1n) is 14.3. The van der Waals surface area contributed by atoms with Crippen LogP contribution in [0.5, 0.6) is 5.75 Å². The molecule has 1 saturated heterocycles. The molecule has 4 heterocycles. The van der Waals surface area contributed by atoms with Crippen LogP contribution < -0.4 is 10.6 Å². The van der Waals surface area contributed by atoms with Gasteiger partial charge in [0.1, 0.15) is 17.9 Å². The van der Waals surface area contributed by atoms with Gasteiger partial charge in [0.05, 0.1) is 33.2 Å². The van der Waals surface area contributed by atoms with Gasteiger partial charge in [0.25, 0.3) is 0 Å². The highest BCUT2D eigenvalue weighted by atomic mass is 35.5. The van der Waals surface area contributed by atoms with Gasteiger partial charge in [0.2, 0.25) is 0 Å². The standard InChI is InChI=1S/C31H36ClN7O4/c1-15(2)24-27(25(16(3)4)34-14-33-24)39-29-22(11-23(32)26(35-29)21-10-20(40)9-8-17(21)5)28(36-30(39)41)37-12-19(7)38(31(42)43)13-18(37)6/h8-11,14-16,18-19,40H,12-13H2,1-7H3,(H,42,43)/t18-,19+/m0/s1. The zero-order valence-corrected chi connectivity index (χ0v) is 26.1. The predicted molar refractivity (Wildman–Crippen MR) is 167 cm³/mol. The van der Waals surface area contributed by atoms with Gasteiger partial charge in [-0.15, -0.1) is 0 Å². The molecule has 1 amide bonds. The minimum Gasteiger partial charge on any atom is -0.508 e. The van der Waals surface area contributed by atoms with Crippen LogP contribution in [0.3, 0.4) is 0 Å². The van der Waals surface area contributed by atoms with Crippen molar-refractivity contribution in [2.75, 3.05) is 18.0 Å². The van der Waals surface area contributed by atoms with Crippen molar-refractivity contribution in [3.05, 3.63) is 63.1 Å². The van der Waals surface area contributed by atoms with Gasteiger partial charge < -0.3 is 20.0 Å². The van der Waals surface area contributed by atoms with E-state index in [0.29, 0.717) is 56.8 Å². The molecule has 2 N–H and O–H groups in total. The Morgan fingerprint density at radius 1 is 1.00 bits per heavy atom. The molecule has 1 aliphatic rings. The van der Waals surface area contributed by atoms with E-state index in [1.807, 2.05) is 53.4 Å². The molecule has 1 fully saturated rings. The van der Waals surface area contributed by atoms with Crippen LogP contribution in [0.4, 0.5) is 10.6 Å². The third-order valence-corrected chi connectivity index (χ3v) is 8.27. The van der Waals surface area contributed by atoms with E-state index in [9.17, 15) is 19.8 Å². The van der Waals surface area contributed by atoms with E-state index in [-0.39, 0.29) is 36.2 Å². The fourth-order valence-corrected chi connectivity index (χ4v) is 6.00. The van der Waals surface area contributed by atoms with E-state index >= 15 is 0 Å². The summed E-state index contributed by atoms with van der Waals surface area (Å²) in [5.41, 5.74) is 3.52. The Balaban J connectivity index is 1.89. The largest absolute Gasteiger partial charge is 0.508 e. The number of benzene rings is 1. The van der Waals surface area contributed by atoms with Gasteiger partial charge in [0.15, 0.2) is 5.65 Å². The maximum atomic E-state index is 14.2. The molecule has 12 heteroatoms. The number of anilines is 1. The maximum Gasteiger partial charge on any atom is 0.407 e. The molecule has 5 rings (SSSR count). The van der Waals surface area contributed by atoms with Crippen molar-refractivity contribution in [1.82, 2.24) is 29.4 Å². The van der Waals surface area contributed by atoms with Crippen LogP contribution in [-0.4, -0.2) is 70.9 Å². The number of nitrogens with zero attached hydrogens (tertiary/aromatic N) is 7. The minimum atomic E-state index is -0.991. The predicted octanol–water partition coefficient (Wildman–Crippen LogP) is 5.73. The molecule has 226 valence electrons. The Morgan fingerprint density at radius 3 is 2.26 bits per heavy atom. The third-order valence-electron chi connectivity index (χ3n) is 7.98. The molecule has 0 unspecified atom stereocenters. The van der Waals surface area contributed by atoms with E-state index < -0.39 is 11.8 Å². The number of hydrogen-bond acceptors (Lipinski definition) is 8. The topological polar surface area (TPSA) is 138 Å². The van der Waals surface area contributed by atoms with Gasteiger partial charge >= 0.3 is 11.8 Å². The molecule has 43 heavy (non-hydrogen) atoms. The van der Waals surface area contributed by atoms with Crippen molar-refractivity contribution >= 4 is 34.5 Å². The molecule has 0 radical (unpaired) electrons. The molecule has 0 bridgehead atoms. The number of rotatable bonds is 5. The Labute approximate surface area is 254 Å². The molecule has 2 atom stereocenters. The maximum absolute atomic E-state index is 14.2. The second kappa shape index (κ2) is 11.4. The van der Waals surface area contributed by atoms with Crippen molar-refractivity contribution in [3.63, 3.8) is 0 Å². The van der Waals surface area contributed by atoms with Crippen LogP contribution in [-0.2, 0) is 0 Å². The van der Waals surface area contributed by atoms with Gasteiger partial charge in [0, 0.05) is 30.7 Å². The Bertz CT molecular complexity index is 1760. The lowest BCUT2D eigenvalue weighted by atomic mass is 10.0. The first-order chi connectivity index (χ1) is 20.3. The lowest BCUT2D eigenvalue weighted by molar-refractivity contribution is 0.114. The highest BCUT2D eigenvalue weighted by Gasteiger charge is 2.35. The van der Waals surface area contributed by atoms with Crippen LogP contribution in [0.2, 0.25) is 5.02 Å². The number of aromatic nitrogens is 5. The average molecular weight is 606 g/mol. The van der Waals surface area contributed by atoms with E-state index in [2.05, 4.69) is 15.0 Å². The molecular formula is C31H36ClN7O4. The lowest BCUT2D eigenvalue weighted by Crippen LogP contribution is -2.58. The second-order valence-corrected chi connectivity index (χ2v) is 12.2. The highest BCUT2D eigenvalue weighted by molar-refractivity contribution is 6.34. The van der Waals surface area contributed by atoms with Crippen molar-refractivity contribution in [2.45, 2.75) is 72.4 Å². The Kier molecular flexibility index (Phi) is 8.04. The summed E-state index contributed by atoms with van der Waals surface area (Å²) >= 11 is 6.92. The van der Waals surface area contributed by atoms with Crippen LogP contribution in [0.15, 0.2) is 35.4 Å². The van der Waals surface area contributed by atoms with Crippen LogP contribution in [0.25, 0.3) is 28.0 Å². The Hall–Kier alpha value is -4.25. The van der Waals surface area contributed by atoms with Gasteiger partial charge in [-0.05, 0) is 56.4 Å². The second-order valence-electron chi connectivity index (χ2n) is 11.8. The van der Waals surface area contributed by atoms with E-state index in [4.69, 9.17) is 16.6 Å². The average Bonchev–Trinajstić information content (AvgIpc) is 2.94. The number of carboxylic acid groups (broad SMARTS) is 1. The van der Waals surface area contributed by atoms with Crippen LogP contribution in [0, 0.1) is 6.92 Å². The molecule has 4 aromatic rings. The number of pyridine rings is 1. The SMILES string of the molecule is Cc1ccc(O)cc1-c1nc2c(cc1Cl)c(N1C[C@@H](C)N(C(=O)O)C[C@@H]1C)nc(=O)n2-c1c(C(C)C)ncnc1C(C)C. The number of aryl methyl sites for hydroxylation is 1. The molecule has 11 nitrogen and oxygen atoms in total. The van der Waals surface area contributed by atoms with Crippen molar-refractivity contribution in [3.8, 4) is 22.7 Å². The number of carbonyl (C=O) groups is 1. The van der Waals surface area contributed by atoms with E-state index in [0.717, 1.165) is 5.56 Å². The first-order valence-corrected chi connectivity index (χ1v) is 14.7. The normalized spacial score (nSPS) is 17.3. The number of halogens is 1. The zero-order chi connectivity index (χ0) is 31.3. The number of aromatic hydroxyl groups is 1. The number of hydrogen-bond donors (Lipinski definition) is 2. The summed E-state index contributed by atoms with van der Waals surface area (Å²) in [5.74, 6) is 0.360. The quantitative estimate of drug-likeness (QED) is 0.292. The smallest absolute Gasteiger partial charge is 0.407 e. The van der Waals surface area contributed by atoms with Crippen molar-refractivity contribution in [1.29, 1.82) is 0 Å². The molecule has 0 spiro atoms.